The molecule has 0 N–H and O–H groups in total. The number of nitrogens with zero attached hydrogens (tertiary/aromatic N) is 2. The molecule has 1 heterocycles. The number of hydrogen-bond acceptors (Lipinski definition) is 4. The number of likely N-dealkylation sites (N-methyl/N-ethyl adjacent to an activating group) is 1. The lowest BCUT2D eigenvalue weighted by atomic mass is 10.1. The first-order valence-corrected chi connectivity index (χ1v) is 9.96. The fourth-order valence-corrected chi connectivity index (χ4v) is 4.08. The van der Waals surface area contributed by atoms with Crippen LogP contribution in [0.15, 0.2) is 35.2 Å². The van der Waals surface area contributed by atoms with Crippen molar-refractivity contribution in [3.63, 3.8) is 0 Å². The van der Waals surface area contributed by atoms with E-state index in [1.165, 1.54) is 26.3 Å². The molecular formula is C19H26N2O4S. The van der Waals surface area contributed by atoms with E-state index in [0.29, 0.717) is 11.3 Å². The zero-order valence-corrected chi connectivity index (χ0v) is 16.8. The van der Waals surface area contributed by atoms with Crippen LogP contribution in [-0.4, -0.2) is 43.8 Å². The lowest BCUT2D eigenvalue weighted by molar-refractivity contribution is 0.0972. The van der Waals surface area contributed by atoms with Gasteiger partial charge in [0, 0.05) is 30.5 Å². The minimum atomic E-state index is -3.74. The summed E-state index contributed by atoms with van der Waals surface area (Å²) in [5, 5.41) is 0. The Labute approximate surface area is 155 Å². The van der Waals surface area contributed by atoms with Crippen molar-refractivity contribution in [1.29, 1.82) is 0 Å². The summed E-state index contributed by atoms with van der Waals surface area (Å²) in [6, 6.07) is 7.95. The summed E-state index contributed by atoms with van der Waals surface area (Å²) in [6.45, 7) is 6.57. The molecule has 7 heteroatoms. The van der Waals surface area contributed by atoms with Crippen LogP contribution >= 0.6 is 0 Å². The quantitative estimate of drug-likeness (QED) is 0.662. The van der Waals surface area contributed by atoms with E-state index in [2.05, 4.69) is 11.5 Å². The van der Waals surface area contributed by atoms with Crippen molar-refractivity contribution >= 4 is 15.8 Å². The first-order valence-electron chi connectivity index (χ1n) is 8.52. The minimum absolute atomic E-state index is 0.130. The molecule has 1 aromatic heterocycles. The fourth-order valence-electron chi connectivity index (χ4n) is 2.95. The minimum Gasteiger partial charge on any atom is -0.497 e. The number of Topliss-reactive ketones (excluding diaryl/α,β-unsaturated/α-hetero) is 1. The van der Waals surface area contributed by atoms with Crippen LogP contribution in [0.25, 0.3) is 0 Å². The van der Waals surface area contributed by atoms with Crippen LogP contribution in [0.4, 0.5) is 0 Å². The molecule has 142 valence electrons. The summed E-state index contributed by atoms with van der Waals surface area (Å²) in [6.07, 6.45) is 0.968. The van der Waals surface area contributed by atoms with Crippen molar-refractivity contribution in [2.45, 2.75) is 38.6 Å². The Hall–Kier alpha value is -2.12. The van der Waals surface area contributed by atoms with Gasteiger partial charge in [-0.1, -0.05) is 6.92 Å². The van der Waals surface area contributed by atoms with Crippen LogP contribution in [0.2, 0.25) is 0 Å². The summed E-state index contributed by atoms with van der Waals surface area (Å²) in [4.78, 5) is 12.8. The summed E-state index contributed by atoms with van der Waals surface area (Å²) < 4.78 is 33.6. The maximum Gasteiger partial charge on any atom is 0.243 e. The van der Waals surface area contributed by atoms with Crippen molar-refractivity contribution in [1.82, 2.24) is 8.87 Å². The highest BCUT2D eigenvalue weighted by molar-refractivity contribution is 7.89. The molecule has 0 radical (unpaired) electrons. The molecule has 2 aromatic rings. The first kappa shape index (κ1) is 20.2. The predicted octanol–water partition coefficient (Wildman–Crippen LogP) is 3.03. The number of carbonyl (C=O) groups excluding carboxylic acids is 1. The molecule has 0 aliphatic heterocycles. The third-order valence-corrected chi connectivity index (χ3v) is 6.27. The van der Waals surface area contributed by atoms with E-state index >= 15 is 0 Å². The largest absolute Gasteiger partial charge is 0.497 e. The van der Waals surface area contributed by atoms with E-state index in [4.69, 9.17) is 4.74 Å². The van der Waals surface area contributed by atoms with Crippen LogP contribution in [-0.2, 0) is 16.6 Å². The van der Waals surface area contributed by atoms with Gasteiger partial charge in [0.25, 0.3) is 0 Å². The molecule has 1 aromatic carbocycles. The average Bonchev–Trinajstić information content (AvgIpc) is 2.90. The normalized spacial score (nSPS) is 11.8. The molecule has 6 nitrogen and oxygen atoms in total. The number of methoxy groups -OCH3 is 1. The number of aryl methyl sites for hydroxylation is 1. The molecule has 0 bridgehead atoms. The van der Waals surface area contributed by atoms with E-state index in [-0.39, 0.29) is 17.2 Å². The van der Waals surface area contributed by atoms with Gasteiger partial charge in [-0.3, -0.25) is 4.79 Å². The maximum absolute atomic E-state index is 12.7. The van der Waals surface area contributed by atoms with Crippen molar-refractivity contribution in [2.24, 2.45) is 0 Å². The number of benzene rings is 1. The molecule has 0 amide bonds. The molecule has 0 fully saturated rings. The summed E-state index contributed by atoms with van der Waals surface area (Å²) in [5.74, 6) is 0.367. The van der Waals surface area contributed by atoms with Gasteiger partial charge in [0.15, 0.2) is 5.78 Å². The SMILES string of the molecule is CCCn1c(C)cc(C(=O)CN(C)S(=O)(=O)c2ccc(OC)cc2)c1C. The van der Waals surface area contributed by atoms with E-state index < -0.39 is 10.0 Å². The van der Waals surface area contributed by atoms with Crippen molar-refractivity contribution in [3.8, 4) is 5.75 Å². The van der Waals surface area contributed by atoms with Gasteiger partial charge < -0.3 is 9.30 Å². The highest BCUT2D eigenvalue weighted by Crippen LogP contribution is 2.20. The van der Waals surface area contributed by atoms with Crippen LogP contribution in [0.3, 0.4) is 0 Å². The van der Waals surface area contributed by atoms with Gasteiger partial charge in [0.1, 0.15) is 5.75 Å². The van der Waals surface area contributed by atoms with E-state index in [1.807, 2.05) is 19.9 Å². The van der Waals surface area contributed by atoms with Crippen LogP contribution in [0.5, 0.6) is 5.75 Å². The number of hydrogen-bond donors (Lipinski definition) is 0. The molecule has 0 atom stereocenters. The topological polar surface area (TPSA) is 68.6 Å². The van der Waals surface area contributed by atoms with Gasteiger partial charge in [-0.15, -0.1) is 0 Å². The maximum atomic E-state index is 12.7. The Balaban J connectivity index is 2.21. The highest BCUT2D eigenvalue weighted by Gasteiger charge is 2.25. The monoisotopic (exact) mass is 378 g/mol. The first-order chi connectivity index (χ1) is 12.2. The second kappa shape index (κ2) is 8.05. The summed E-state index contributed by atoms with van der Waals surface area (Å²) >= 11 is 0. The molecule has 0 spiro atoms. The lowest BCUT2D eigenvalue weighted by Crippen LogP contribution is -2.32. The standard InChI is InChI=1S/C19H26N2O4S/c1-6-11-21-14(2)12-18(15(21)3)19(22)13-20(4)26(23,24)17-9-7-16(25-5)8-10-17/h7-10,12H,6,11,13H2,1-5H3. The zero-order chi connectivity index (χ0) is 19.5. The third-order valence-electron chi connectivity index (χ3n) is 4.46. The van der Waals surface area contributed by atoms with Gasteiger partial charge in [0.05, 0.1) is 18.6 Å². The Morgan fingerprint density at radius 2 is 1.81 bits per heavy atom. The van der Waals surface area contributed by atoms with E-state index in [0.717, 1.165) is 28.7 Å². The Morgan fingerprint density at radius 3 is 2.35 bits per heavy atom. The third kappa shape index (κ3) is 3.99. The van der Waals surface area contributed by atoms with Crippen LogP contribution in [0.1, 0.15) is 35.1 Å². The van der Waals surface area contributed by atoms with Crippen molar-refractivity contribution < 1.29 is 17.9 Å². The lowest BCUT2D eigenvalue weighted by Gasteiger charge is -2.17. The average molecular weight is 378 g/mol. The second-order valence-electron chi connectivity index (χ2n) is 6.30. The smallest absolute Gasteiger partial charge is 0.243 e. The zero-order valence-electron chi connectivity index (χ0n) is 15.9. The molecule has 0 saturated heterocycles. The van der Waals surface area contributed by atoms with Gasteiger partial charge in [-0.2, -0.15) is 4.31 Å². The van der Waals surface area contributed by atoms with Gasteiger partial charge >= 0.3 is 0 Å². The fraction of sp³-hybridized carbons (Fsp3) is 0.421. The predicted molar refractivity (Wildman–Crippen MR) is 101 cm³/mol. The van der Waals surface area contributed by atoms with Gasteiger partial charge in [-0.05, 0) is 50.6 Å². The molecule has 0 unspecified atom stereocenters. The Bertz CT molecular complexity index is 883. The number of aromatic nitrogens is 1. The van der Waals surface area contributed by atoms with Crippen LogP contribution < -0.4 is 4.74 Å². The molecular weight excluding hydrogens is 352 g/mol. The van der Waals surface area contributed by atoms with Gasteiger partial charge in [0.2, 0.25) is 10.0 Å². The molecule has 0 aliphatic carbocycles. The molecule has 26 heavy (non-hydrogen) atoms. The number of rotatable bonds is 8. The number of sulfonamides is 1. The number of ether oxygens (including phenoxy) is 1. The Morgan fingerprint density at radius 1 is 1.19 bits per heavy atom. The summed E-state index contributed by atoms with van der Waals surface area (Å²) in [5.41, 5.74) is 2.46. The number of ketones is 1. The number of carbonyl (C=O) groups is 1. The highest BCUT2D eigenvalue weighted by atomic mass is 32.2. The Kier molecular flexibility index (Phi) is 6.26. The second-order valence-corrected chi connectivity index (χ2v) is 8.34. The van der Waals surface area contributed by atoms with Crippen molar-refractivity contribution in [3.05, 3.63) is 47.3 Å². The van der Waals surface area contributed by atoms with E-state index in [9.17, 15) is 13.2 Å². The van der Waals surface area contributed by atoms with E-state index in [1.54, 1.807) is 12.1 Å². The summed E-state index contributed by atoms with van der Waals surface area (Å²) in [7, 11) is -0.807. The van der Waals surface area contributed by atoms with Gasteiger partial charge in [-0.25, -0.2) is 8.42 Å². The van der Waals surface area contributed by atoms with Crippen LogP contribution in [0, 0.1) is 13.8 Å². The molecule has 2 rings (SSSR count). The molecule has 0 saturated carbocycles. The van der Waals surface area contributed by atoms with Crippen molar-refractivity contribution in [2.75, 3.05) is 20.7 Å². The molecule has 0 aliphatic rings.